The summed E-state index contributed by atoms with van der Waals surface area (Å²) in [5.74, 6) is 0.112. The number of ether oxygens (including phenoxy) is 1. The Morgan fingerprint density at radius 1 is 1.06 bits per heavy atom. The molecule has 0 heterocycles. The van der Waals surface area contributed by atoms with Crippen molar-refractivity contribution in [1.82, 2.24) is 0 Å². The van der Waals surface area contributed by atoms with Gasteiger partial charge in [-0.05, 0) is 36.4 Å². The van der Waals surface area contributed by atoms with Crippen LogP contribution in [0.5, 0.6) is 11.5 Å². The standard InChI is InChI=1S/C13H7Cl2FO2/c14-9-4-10(15)6-12(5-9)18-13-2-1-11(16)3-8(13)7-17/h1-7H. The Balaban J connectivity index is 2.36. The molecule has 0 atom stereocenters. The van der Waals surface area contributed by atoms with Gasteiger partial charge in [-0.3, -0.25) is 4.79 Å². The van der Waals surface area contributed by atoms with Gasteiger partial charge >= 0.3 is 0 Å². The minimum absolute atomic E-state index is 0.117. The van der Waals surface area contributed by atoms with E-state index in [1.165, 1.54) is 12.1 Å². The first kappa shape index (κ1) is 12.9. The van der Waals surface area contributed by atoms with Gasteiger partial charge in [-0.1, -0.05) is 23.2 Å². The molecular weight excluding hydrogens is 278 g/mol. The van der Waals surface area contributed by atoms with Crippen LogP contribution in [-0.2, 0) is 0 Å². The lowest BCUT2D eigenvalue weighted by Gasteiger charge is -2.08. The first-order valence-corrected chi connectivity index (χ1v) is 5.73. The van der Waals surface area contributed by atoms with Crippen LogP contribution in [0.15, 0.2) is 36.4 Å². The molecule has 0 aliphatic heterocycles. The van der Waals surface area contributed by atoms with Crippen LogP contribution < -0.4 is 4.74 Å². The van der Waals surface area contributed by atoms with Gasteiger partial charge in [-0.15, -0.1) is 0 Å². The van der Waals surface area contributed by atoms with E-state index in [0.717, 1.165) is 6.07 Å². The molecule has 2 aromatic carbocycles. The van der Waals surface area contributed by atoms with Crippen molar-refractivity contribution >= 4 is 29.5 Å². The first-order valence-electron chi connectivity index (χ1n) is 4.97. The maximum Gasteiger partial charge on any atom is 0.153 e. The summed E-state index contributed by atoms with van der Waals surface area (Å²) in [5.41, 5.74) is 0.117. The molecule has 0 spiro atoms. The van der Waals surface area contributed by atoms with Crippen molar-refractivity contribution in [3.63, 3.8) is 0 Å². The Morgan fingerprint density at radius 3 is 2.33 bits per heavy atom. The second kappa shape index (κ2) is 5.38. The summed E-state index contributed by atoms with van der Waals surface area (Å²) in [4.78, 5) is 10.8. The summed E-state index contributed by atoms with van der Waals surface area (Å²) in [6, 6.07) is 8.31. The summed E-state index contributed by atoms with van der Waals surface area (Å²) in [6.07, 6.45) is 0.518. The zero-order chi connectivity index (χ0) is 13.1. The summed E-state index contributed by atoms with van der Waals surface area (Å²) in [7, 11) is 0. The van der Waals surface area contributed by atoms with Gasteiger partial charge in [0.1, 0.15) is 17.3 Å². The van der Waals surface area contributed by atoms with Gasteiger partial charge in [0, 0.05) is 10.0 Å². The molecule has 0 aliphatic rings. The molecule has 0 amide bonds. The Labute approximate surface area is 113 Å². The predicted molar refractivity (Wildman–Crippen MR) is 68.3 cm³/mol. The van der Waals surface area contributed by atoms with Crippen molar-refractivity contribution in [3.8, 4) is 11.5 Å². The molecule has 0 aromatic heterocycles. The third-order valence-corrected chi connectivity index (χ3v) is 2.60. The fourth-order valence-corrected chi connectivity index (χ4v) is 1.92. The lowest BCUT2D eigenvalue weighted by Crippen LogP contribution is -1.91. The molecule has 2 aromatic rings. The highest BCUT2D eigenvalue weighted by atomic mass is 35.5. The topological polar surface area (TPSA) is 26.3 Å². The maximum atomic E-state index is 12.9. The van der Waals surface area contributed by atoms with Crippen LogP contribution in [0.1, 0.15) is 10.4 Å². The highest BCUT2D eigenvalue weighted by molar-refractivity contribution is 6.34. The minimum atomic E-state index is -0.506. The fourth-order valence-electron chi connectivity index (χ4n) is 1.42. The fraction of sp³-hybridized carbons (Fsp3) is 0. The molecule has 0 saturated heterocycles. The van der Waals surface area contributed by atoms with Crippen LogP contribution >= 0.6 is 23.2 Å². The van der Waals surface area contributed by atoms with Gasteiger partial charge in [-0.2, -0.15) is 0 Å². The number of aldehydes is 1. The van der Waals surface area contributed by atoms with E-state index in [9.17, 15) is 9.18 Å². The summed E-state index contributed by atoms with van der Waals surface area (Å²) < 4.78 is 18.4. The van der Waals surface area contributed by atoms with Gasteiger partial charge in [0.25, 0.3) is 0 Å². The van der Waals surface area contributed by atoms with E-state index in [1.807, 2.05) is 0 Å². The average Bonchev–Trinajstić information content (AvgIpc) is 2.30. The van der Waals surface area contributed by atoms with E-state index in [4.69, 9.17) is 27.9 Å². The molecule has 0 radical (unpaired) electrons. The second-order valence-corrected chi connectivity index (χ2v) is 4.38. The van der Waals surface area contributed by atoms with E-state index < -0.39 is 5.82 Å². The molecule has 0 unspecified atom stereocenters. The number of carbonyl (C=O) groups is 1. The van der Waals surface area contributed by atoms with Crippen LogP contribution in [0.3, 0.4) is 0 Å². The zero-order valence-electron chi connectivity index (χ0n) is 8.99. The van der Waals surface area contributed by atoms with Gasteiger partial charge in [0.05, 0.1) is 5.56 Å². The normalized spacial score (nSPS) is 10.2. The molecule has 0 bridgehead atoms. The SMILES string of the molecule is O=Cc1cc(F)ccc1Oc1cc(Cl)cc(Cl)c1. The van der Waals surface area contributed by atoms with Gasteiger partial charge in [0.2, 0.25) is 0 Å². The van der Waals surface area contributed by atoms with Gasteiger partial charge in [-0.25, -0.2) is 4.39 Å². The number of halogens is 3. The van der Waals surface area contributed by atoms with Crippen LogP contribution in [0.25, 0.3) is 0 Å². The highest BCUT2D eigenvalue weighted by Gasteiger charge is 2.07. The van der Waals surface area contributed by atoms with Crippen LogP contribution in [0, 0.1) is 5.82 Å². The van der Waals surface area contributed by atoms with Crippen molar-refractivity contribution in [1.29, 1.82) is 0 Å². The number of carbonyl (C=O) groups excluding carboxylic acids is 1. The molecule has 0 aliphatic carbocycles. The maximum absolute atomic E-state index is 12.9. The van der Waals surface area contributed by atoms with E-state index in [0.29, 0.717) is 22.1 Å². The molecular formula is C13H7Cl2FO2. The van der Waals surface area contributed by atoms with Crippen LogP contribution in [0.4, 0.5) is 4.39 Å². The van der Waals surface area contributed by atoms with Crippen molar-refractivity contribution in [2.45, 2.75) is 0 Å². The largest absolute Gasteiger partial charge is 0.457 e. The minimum Gasteiger partial charge on any atom is -0.457 e. The molecule has 0 N–H and O–H groups in total. The van der Waals surface area contributed by atoms with E-state index >= 15 is 0 Å². The van der Waals surface area contributed by atoms with Crippen molar-refractivity contribution in [2.75, 3.05) is 0 Å². The summed E-state index contributed by atoms with van der Waals surface area (Å²) in [5, 5.41) is 0.819. The third-order valence-electron chi connectivity index (χ3n) is 2.16. The molecule has 5 heteroatoms. The van der Waals surface area contributed by atoms with Crippen molar-refractivity contribution in [2.24, 2.45) is 0 Å². The van der Waals surface area contributed by atoms with Crippen molar-refractivity contribution < 1.29 is 13.9 Å². The van der Waals surface area contributed by atoms with E-state index in [-0.39, 0.29) is 11.3 Å². The molecule has 0 fully saturated rings. The van der Waals surface area contributed by atoms with E-state index in [1.54, 1.807) is 18.2 Å². The smallest absolute Gasteiger partial charge is 0.153 e. The molecule has 2 nitrogen and oxygen atoms in total. The van der Waals surface area contributed by atoms with Crippen LogP contribution in [0.2, 0.25) is 10.0 Å². The lowest BCUT2D eigenvalue weighted by molar-refractivity contribution is 0.112. The predicted octanol–water partition coefficient (Wildman–Crippen LogP) is 4.74. The quantitative estimate of drug-likeness (QED) is 0.761. The third kappa shape index (κ3) is 3.00. The Bertz CT molecular complexity index is 579. The van der Waals surface area contributed by atoms with Crippen molar-refractivity contribution in [3.05, 3.63) is 57.8 Å². The van der Waals surface area contributed by atoms with E-state index in [2.05, 4.69) is 0 Å². The first-order chi connectivity index (χ1) is 8.58. The summed E-state index contributed by atoms with van der Waals surface area (Å²) >= 11 is 11.6. The number of hydrogen-bond acceptors (Lipinski definition) is 2. The molecule has 2 rings (SSSR count). The Kier molecular flexibility index (Phi) is 3.84. The lowest BCUT2D eigenvalue weighted by atomic mass is 10.2. The average molecular weight is 285 g/mol. The monoisotopic (exact) mass is 284 g/mol. The molecule has 0 saturated carbocycles. The molecule has 18 heavy (non-hydrogen) atoms. The number of rotatable bonds is 3. The highest BCUT2D eigenvalue weighted by Crippen LogP contribution is 2.29. The zero-order valence-corrected chi connectivity index (χ0v) is 10.5. The number of hydrogen-bond donors (Lipinski definition) is 0. The molecule has 92 valence electrons. The Morgan fingerprint density at radius 2 is 1.72 bits per heavy atom. The van der Waals surface area contributed by atoms with Crippen LogP contribution in [-0.4, -0.2) is 6.29 Å². The summed E-state index contributed by atoms with van der Waals surface area (Å²) in [6.45, 7) is 0. The number of benzene rings is 2. The Hall–Kier alpha value is -1.58. The van der Waals surface area contributed by atoms with Gasteiger partial charge < -0.3 is 4.74 Å². The van der Waals surface area contributed by atoms with Gasteiger partial charge in [0.15, 0.2) is 6.29 Å². The second-order valence-electron chi connectivity index (χ2n) is 3.51.